The van der Waals surface area contributed by atoms with Gasteiger partial charge in [-0.2, -0.15) is 0 Å². The highest BCUT2D eigenvalue weighted by Crippen LogP contribution is 2.23. The quantitative estimate of drug-likeness (QED) is 0.322. The summed E-state index contributed by atoms with van der Waals surface area (Å²) in [6.07, 6.45) is 6.52. The first kappa shape index (κ1) is 22.9. The van der Waals surface area contributed by atoms with Gasteiger partial charge in [-0.15, -0.1) is 0 Å². The molecule has 1 saturated heterocycles. The molecule has 7 heteroatoms. The van der Waals surface area contributed by atoms with Gasteiger partial charge in [0.15, 0.2) is 0 Å². The van der Waals surface area contributed by atoms with Gasteiger partial charge in [-0.1, -0.05) is 43.2 Å². The first-order valence-corrected chi connectivity index (χ1v) is 10.5. The highest BCUT2D eigenvalue weighted by Gasteiger charge is 2.33. The third kappa shape index (κ3) is 7.91. The lowest BCUT2D eigenvalue weighted by atomic mass is 9.81. The fourth-order valence-corrected chi connectivity index (χ4v) is 4.09. The summed E-state index contributed by atoms with van der Waals surface area (Å²) in [5, 5.41) is 27.3. The third-order valence-corrected chi connectivity index (χ3v) is 5.93. The number of unbranched alkanes of at least 4 members (excludes halogenated alkanes) is 1. The molecule has 0 amide bonds. The monoisotopic (exact) mass is 390 g/mol. The molecule has 0 radical (unpaired) electrons. The minimum absolute atomic E-state index is 0.258. The van der Waals surface area contributed by atoms with E-state index in [0.29, 0.717) is 25.7 Å². The molecule has 1 aliphatic heterocycles. The van der Waals surface area contributed by atoms with E-state index in [1.165, 1.54) is 18.4 Å². The molecule has 0 bridgehead atoms. The molecule has 1 aromatic rings. The van der Waals surface area contributed by atoms with Crippen LogP contribution in [0, 0.1) is 5.92 Å². The topological polar surface area (TPSA) is 107 Å². The first-order chi connectivity index (χ1) is 13.4. The molecule has 156 valence electrons. The fourth-order valence-electron chi connectivity index (χ4n) is 4.09. The molecule has 0 spiro atoms. The van der Waals surface area contributed by atoms with Gasteiger partial charge in [0.2, 0.25) is 0 Å². The fraction of sp³-hybridized carbons (Fsp3) is 0.667. The summed E-state index contributed by atoms with van der Waals surface area (Å²) in [6, 6.07) is 10.6. The molecule has 1 unspecified atom stereocenters. The Morgan fingerprint density at radius 3 is 2.36 bits per heavy atom. The molecule has 0 aromatic heterocycles. The molecule has 1 atom stereocenters. The Bertz CT molecular complexity index is 579. The van der Waals surface area contributed by atoms with E-state index < -0.39 is 18.6 Å². The summed E-state index contributed by atoms with van der Waals surface area (Å²) >= 11 is 0. The van der Waals surface area contributed by atoms with Crippen molar-refractivity contribution in [2.45, 2.75) is 63.2 Å². The number of nitrogens with zero attached hydrogens (tertiary/aromatic N) is 1. The summed E-state index contributed by atoms with van der Waals surface area (Å²) in [5.41, 5.74) is 6.33. The van der Waals surface area contributed by atoms with Crippen molar-refractivity contribution < 1.29 is 19.9 Å². The van der Waals surface area contributed by atoms with E-state index >= 15 is 0 Å². The molecule has 0 saturated carbocycles. The molecule has 1 heterocycles. The van der Waals surface area contributed by atoms with E-state index in [-0.39, 0.29) is 6.32 Å². The van der Waals surface area contributed by atoms with Crippen molar-refractivity contribution in [3.63, 3.8) is 0 Å². The number of rotatable bonds is 12. The Morgan fingerprint density at radius 2 is 1.75 bits per heavy atom. The molecule has 2 rings (SSSR count). The Balaban J connectivity index is 1.66. The lowest BCUT2D eigenvalue weighted by Gasteiger charge is -2.33. The van der Waals surface area contributed by atoms with Gasteiger partial charge in [-0.05, 0) is 76.0 Å². The second-order valence-corrected chi connectivity index (χ2v) is 8.27. The van der Waals surface area contributed by atoms with Crippen LogP contribution in [0.15, 0.2) is 30.3 Å². The van der Waals surface area contributed by atoms with Gasteiger partial charge in [-0.25, -0.2) is 0 Å². The zero-order valence-corrected chi connectivity index (χ0v) is 16.8. The summed E-state index contributed by atoms with van der Waals surface area (Å²) in [6.45, 7) is 3.02. The molecule has 0 aliphatic carbocycles. The Kier molecular flexibility index (Phi) is 9.45. The summed E-state index contributed by atoms with van der Waals surface area (Å²) in [4.78, 5) is 14.0. The number of likely N-dealkylation sites (tertiary alicyclic amines) is 1. The van der Waals surface area contributed by atoms with Crippen LogP contribution in [0.4, 0.5) is 0 Å². The number of carboxylic acids is 1. The normalized spacial score (nSPS) is 18.0. The van der Waals surface area contributed by atoms with Crippen LogP contribution in [0.1, 0.15) is 50.5 Å². The van der Waals surface area contributed by atoms with Crippen LogP contribution in [-0.4, -0.2) is 58.3 Å². The summed E-state index contributed by atoms with van der Waals surface area (Å²) in [5.74, 6) is -0.230. The van der Waals surface area contributed by atoms with Crippen LogP contribution in [-0.2, 0) is 11.2 Å². The molecule has 6 nitrogen and oxygen atoms in total. The molecule has 1 aromatic carbocycles. The third-order valence-electron chi connectivity index (χ3n) is 5.93. The maximum absolute atomic E-state index is 11.6. The van der Waals surface area contributed by atoms with Gasteiger partial charge in [0, 0.05) is 0 Å². The lowest BCUT2D eigenvalue weighted by molar-refractivity contribution is -0.144. The minimum atomic E-state index is -1.33. The van der Waals surface area contributed by atoms with E-state index in [4.69, 9.17) is 15.8 Å². The van der Waals surface area contributed by atoms with Gasteiger partial charge in [0.1, 0.15) is 5.54 Å². The lowest BCUT2D eigenvalue weighted by Crippen LogP contribution is -2.48. The van der Waals surface area contributed by atoms with Gasteiger partial charge in [0.05, 0.1) is 0 Å². The van der Waals surface area contributed by atoms with Crippen LogP contribution < -0.4 is 5.73 Å². The second kappa shape index (κ2) is 11.6. The van der Waals surface area contributed by atoms with Gasteiger partial charge in [-0.3, -0.25) is 4.79 Å². The number of nitrogens with two attached hydrogens (primary N) is 1. The van der Waals surface area contributed by atoms with E-state index in [9.17, 15) is 9.90 Å². The average Bonchev–Trinajstić information content (AvgIpc) is 2.67. The minimum Gasteiger partial charge on any atom is -0.480 e. The smallest absolute Gasteiger partial charge is 0.451 e. The first-order valence-electron chi connectivity index (χ1n) is 10.5. The highest BCUT2D eigenvalue weighted by atomic mass is 16.4. The molecular weight excluding hydrogens is 355 g/mol. The highest BCUT2D eigenvalue weighted by molar-refractivity contribution is 6.40. The van der Waals surface area contributed by atoms with Crippen molar-refractivity contribution in [2.75, 3.05) is 19.6 Å². The van der Waals surface area contributed by atoms with E-state index in [1.54, 1.807) is 0 Å². The van der Waals surface area contributed by atoms with Crippen molar-refractivity contribution in [3.05, 3.63) is 35.9 Å². The van der Waals surface area contributed by atoms with Crippen LogP contribution in [0.2, 0.25) is 6.32 Å². The van der Waals surface area contributed by atoms with Crippen LogP contribution in [0.5, 0.6) is 0 Å². The number of carboxylic acid groups (broad SMARTS) is 1. The van der Waals surface area contributed by atoms with Crippen molar-refractivity contribution in [1.29, 1.82) is 0 Å². The van der Waals surface area contributed by atoms with Crippen molar-refractivity contribution >= 4 is 13.1 Å². The molecule has 5 N–H and O–H groups in total. The summed E-state index contributed by atoms with van der Waals surface area (Å²) < 4.78 is 0. The Labute approximate surface area is 168 Å². The second-order valence-electron chi connectivity index (χ2n) is 8.27. The molecule has 1 aliphatic rings. The average molecular weight is 390 g/mol. The Hall–Kier alpha value is -1.41. The van der Waals surface area contributed by atoms with Crippen LogP contribution in [0.25, 0.3) is 0 Å². The van der Waals surface area contributed by atoms with Gasteiger partial charge < -0.3 is 25.8 Å². The predicted octanol–water partition coefficient (Wildman–Crippen LogP) is 2.15. The van der Waals surface area contributed by atoms with Crippen LogP contribution in [0.3, 0.4) is 0 Å². The maximum Gasteiger partial charge on any atom is 0.451 e. The number of piperidine rings is 1. The van der Waals surface area contributed by atoms with E-state index in [1.807, 2.05) is 0 Å². The zero-order chi connectivity index (χ0) is 20.4. The van der Waals surface area contributed by atoms with Crippen molar-refractivity contribution in [2.24, 2.45) is 11.7 Å². The number of hydrogen-bond donors (Lipinski definition) is 4. The SMILES string of the molecule is NC(CCCCB(O)O)(CCCN1CCC(Cc2ccccc2)CC1)C(=O)O. The van der Waals surface area contributed by atoms with Crippen LogP contribution >= 0.6 is 0 Å². The maximum atomic E-state index is 11.6. The zero-order valence-electron chi connectivity index (χ0n) is 16.8. The Morgan fingerprint density at radius 1 is 1.11 bits per heavy atom. The van der Waals surface area contributed by atoms with Gasteiger partial charge in [0.25, 0.3) is 0 Å². The largest absolute Gasteiger partial charge is 0.480 e. The number of aliphatic carboxylic acids is 1. The standard InChI is InChI=1S/C21H35BN2O4/c23-21(20(25)26,11-4-5-13-22(27)28)12-6-14-24-15-9-19(10-16-24)17-18-7-2-1-3-8-18/h1-3,7-8,19,27-28H,4-6,9-17,23H2,(H,25,26). The predicted molar refractivity (Wildman–Crippen MR) is 112 cm³/mol. The summed E-state index contributed by atoms with van der Waals surface area (Å²) in [7, 11) is -1.33. The molecular formula is C21H35BN2O4. The number of hydrogen-bond acceptors (Lipinski definition) is 5. The van der Waals surface area contributed by atoms with E-state index in [0.717, 1.165) is 38.4 Å². The molecule has 1 fully saturated rings. The van der Waals surface area contributed by atoms with E-state index in [2.05, 4.69) is 35.2 Å². The van der Waals surface area contributed by atoms with Crippen molar-refractivity contribution in [1.82, 2.24) is 4.90 Å². The number of carbonyl (C=O) groups is 1. The van der Waals surface area contributed by atoms with Crippen molar-refractivity contribution in [3.8, 4) is 0 Å². The van der Waals surface area contributed by atoms with Gasteiger partial charge >= 0.3 is 13.1 Å². The molecule has 28 heavy (non-hydrogen) atoms. The number of benzene rings is 1.